The van der Waals surface area contributed by atoms with Crippen molar-refractivity contribution in [3.8, 4) is 0 Å². The maximum Gasteiger partial charge on any atom is 0.352 e. The molecule has 2 rings (SSSR count). The van der Waals surface area contributed by atoms with Crippen molar-refractivity contribution in [2.45, 2.75) is 11.3 Å². The Morgan fingerprint density at radius 2 is 1.95 bits per heavy atom. The summed E-state index contributed by atoms with van der Waals surface area (Å²) in [6, 6.07) is 1.76. The first-order valence-electron chi connectivity index (χ1n) is 5.21. The zero-order valence-electron chi connectivity index (χ0n) is 9.95. The molecule has 112 valence electrons. The van der Waals surface area contributed by atoms with E-state index in [4.69, 9.17) is 32.9 Å². The molecule has 1 heterocycles. The quantitative estimate of drug-likeness (QED) is 0.792. The summed E-state index contributed by atoms with van der Waals surface area (Å²) in [4.78, 5) is 21.9. The van der Waals surface area contributed by atoms with E-state index in [2.05, 4.69) is 5.10 Å². The van der Waals surface area contributed by atoms with Gasteiger partial charge < -0.3 is 5.11 Å². The van der Waals surface area contributed by atoms with Crippen molar-refractivity contribution in [2.24, 2.45) is 5.10 Å². The molecule has 1 aliphatic rings. The second kappa shape index (κ2) is 5.26. The number of aliphatic carboxylic acids is 1. The third kappa shape index (κ3) is 3.00. The number of hydrogen-bond donors (Lipinski definition) is 2. The Balaban J connectivity index is 2.62. The van der Waals surface area contributed by atoms with Crippen LogP contribution in [-0.4, -0.2) is 35.7 Å². The Kier molecular flexibility index (Phi) is 3.93. The molecule has 0 spiro atoms. The highest BCUT2D eigenvalue weighted by Crippen LogP contribution is 2.37. The van der Waals surface area contributed by atoms with Gasteiger partial charge in [0, 0.05) is 0 Å². The van der Waals surface area contributed by atoms with Gasteiger partial charge in [-0.1, -0.05) is 23.2 Å². The van der Waals surface area contributed by atoms with Crippen LogP contribution in [0.15, 0.2) is 22.1 Å². The van der Waals surface area contributed by atoms with Gasteiger partial charge in [-0.3, -0.25) is 9.35 Å². The zero-order valence-corrected chi connectivity index (χ0v) is 12.3. The van der Waals surface area contributed by atoms with E-state index in [-0.39, 0.29) is 15.7 Å². The summed E-state index contributed by atoms with van der Waals surface area (Å²) >= 11 is 11.6. The number of carbonyl (C=O) groups is 2. The normalized spacial score (nSPS) is 15.3. The number of carboxylic acid groups (broad SMARTS) is 1. The molecule has 0 atom stereocenters. The first-order valence-corrected chi connectivity index (χ1v) is 7.41. The molecule has 0 saturated carbocycles. The van der Waals surface area contributed by atoms with Gasteiger partial charge in [-0.15, -0.1) is 0 Å². The number of carbonyl (C=O) groups excluding carboxylic acids is 1. The van der Waals surface area contributed by atoms with Gasteiger partial charge in [-0.05, 0) is 12.1 Å². The summed E-state index contributed by atoms with van der Waals surface area (Å²) < 4.78 is 31.3. The second-order valence-electron chi connectivity index (χ2n) is 3.95. The Morgan fingerprint density at radius 3 is 2.43 bits per heavy atom. The van der Waals surface area contributed by atoms with Gasteiger partial charge in [-0.2, -0.15) is 18.5 Å². The van der Waals surface area contributed by atoms with Crippen molar-refractivity contribution < 1.29 is 27.7 Å². The van der Waals surface area contributed by atoms with Crippen molar-refractivity contribution in [1.29, 1.82) is 0 Å². The standard InChI is InChI=1S/C10H6Cl2N2O6S/c11-5-1-4(21(18,19)20)2-7(9(5)12)14-8(15)3-6(13-14)10(16)17/h1-2H,3H2,(H,16,17)(H,18,19,20). The molecular weight excluding hydrogens is 347 g/mol. The molecule has 0 bridgehead atoms. The lowest BCUT2D eigenvalue weighted by atomic mass is 10.2. The minimum atomic E-state index is -4.59. The molecule has 0 radical (unpaired) electrons. The maximum absolute atomic E-state index is 11.7. The topological polar surface area (TPSA) is 124 Å². The van der Waals surface area contributed by atoms with Crippen LogP contribution in [0.2, 0.25) is 10.0 Å². The minimum Gasteiger partial charge on any atom is -0.477 e. The van der Waals surface area contributed by atoms with E-state index < -0.39 is 39.0 Å². The SMILES string of the molecule is O=C(O)C1=NN(c2cc(S(=O)(=O)O)cc(Cl)c2Cl)C(=O)C1. The lowest BCUT2D eigenvalue weighted by Crippen LogP contribution is -2.20. The summed E-state index contributed by atoms with van der Waals surface area (Å²) in [5, 5.41) is 12.5. The van der Waals surface area contributed by atoms with E-state index in [1.807, 2.05) is 0 Å². The lowest BCUT2D eigenvalue weighted by Gasteiger charge is -2.15. The van der Waals surface area contributed by atoms with E-state index in [1.165, 1.54) is 0 Å². The van der Waals surface area contributed by atoms with Crippen molar-refractivity contribution in [3.63, 3.8) is 0 Å². The number of hydrazone groups is 1. The van der Waals surface area contributed by atoms with Crippen LogP contribution in [0.25, 0.3) is 0 Å². The smallest absolute Gasteiger partial charge is 0.352 e. The van der Waals surface area contributed by atoms with Crippen LogP contribution in [0.1, 0.15) is 6.42 Å². The predicted molar refractivity (Wildman–Crippen MR) is 73.5 cm³/mol. The molecule has 2 N–H and O–H groups in total. The number of carboxylic acids is 1. The summed E-state index contributed by atoms with van der Waals surface area (Å²) in [5.41, 5.74) is -0.664. The van der Waals surface area contributed by atoms with Gasteiger partial charge in [0.15, 0.2) is 5.71 Å². The van der Waals surface area contributed by atoms with E-state index >= 15 is 0 Å². The Bertz CT molecular complexity index is 789. The number of amides is 1. The molecule has 0 unspecified atom stereocenters. The molecule has 1 aliphatic heterocycles. The van der Waals surface area contributed by atoms with Gasteiger partial charge in [0.2, 0.25) is 0 Å². The van der Waals surface area contributed by atoms with Crippen LogP contribution < -0.4 is 5.01 Å². The van der Waals surface area contributed by atoms with Gasteiger partial charge >= 0.3 is 5.97 Å². The zero-order chi connectivity index (χ0) is 15.9. The van der Waals surface area contributed by atoms with Gasteiger partial charge in [-0.25, -0.2) is 4.79 Å². The average Bonchev–Trinajstić information content (AvgIpc) is 2.73. The molecule has 0 aromatic heterocycles. The van der Waals surface area contributed by atoms with Crippen molar-refractivity contribution in [2.75, 3.05) is 5.01 Å². The molecule has 21 heavy (non-hydrogen) atoms. The third-order valence-electron chi connectivity index (χ3n) is 2.53. The van der Waals surface area contributed by atoms with Crippen molar-refractivity contribution >= 4 is 56.6 Å². The highest BCUT2D eigenvalue weighted by atomic mass is 35.5. The molecule has 0 saturated heterocycles. The van der Waals surface area contributed by atoms with Crippen molar-refractivity contribution in [3.05, 3.63) is 22.2 Å². The molecule has 0 aliphatic carbocycles. The van der Waals surface area contributed by atoms with Gasteiger partial charge in [0.1, 0.15) is 0 Å². The maximum atomic E-state index is 11.7. The largest absolute Gasteiger partial charge is 0.477 e. The lowest BCUT2D eigenvalue weighted by molar-refractivity contribution is -0.129. The monoisotopic (exact) mass is 352 g/mol. The van der Waals surface area contributed by atoms with Crippen molar-refractivity contribution in [1.82, 2.24) is 0 Å². The number of halogens is 2. The van der Waals surface area contributed by atoms with Crippen LogP contribution in [-0.2, 0) is 19.7 Å². The Morgan fingerprint density at radius 1 is 1.33 bits per heavy atom. The second-order valence-corrected chi connectivity index (χ2v) is 6.15. The fourth-order valence-corrected chi connectivity index (χ4v) is 2.59. The van der Waals surface area contributed by atoms with E-state index in [0.29, 0.717) is 5.01 Å². The van der Waals surface area contributed by atoms with Crippen LogP contribution in [0, 0.1) is 0 Å². The first kappa shape index (κ1) is 15.7. The van der Waals surface area contributed by atoms with Gasteiger partial charge in [0.05, 0.1) is 27.0 Å². The molecule has 11 heteroatoms. The first-order chi connectivity index (χ1) is 9.61. The number of hydrogen-bond acceptors (Lipinski definition) is 5. The fraction of sp³-hybridized carbons (Fsp3) is 0.100. The number of benzene rings is 1. The van der Waals surface area contributed by atoms with Crippen LogP contribution in [0.5, 0.6) is 0 Å². The van der Waals surface area contributed by atoms with Gasteiger partial charge in [0.25, 0.3) is 16.0 Å². The summed E-state index contributed by atoms with van der Waals surface area (Å²) in [7, 11) is -4.59. The summed E-state index contributed by atoms with van der Waals surface area (Å²) in [6.07, 6.45) is -0.473. The molecular formula is C10H6Cl2N2O6S. The number of anilines is 1. The minimum absolute atomic E-state index is 0.201. The molecule has 0 fully saturated rings. The van der Waals surface area contributed by atoms with Crippen LogP contribution in [0.3, 0.4) is 0 Å². The van der Waals surface area contributed by atoms with E-state index in [9.17, 15) is 18.0 Å². The fourth-order valence-electron chi connectivity index (χ4n) is 1.59. The summed E-state index contributed by atoms with van der Waals surface area (Å²) in [5.74, 6) is -2.11. The Hall–Kier alpha value is -1.68. The highest BCUT2D eigenvalue weighted by molar-refractivity contribution is 7.85. The highest BCUT2D eigenvalue weighted by Gasteiger charge is 2.31. The Labute approximate surface area is 128 Å². The number of rotatable bonds is 3. The molecule has 8 nitrogen and oxygen atoms in total. The van der Waals surface area contributed by atoms with E-state index in [1.54, 1.807) is 0 Å². The van der Waals surface area contributed by atoms with Crippen LogP contribution in [0.4, 0.5) is 5.69 Å². The average molecular weight is 353 g/mol. The third-order valence-corrected chi connectivity index (χ3v) is 4.15. The predicted octanol–water partition coefficient (Wildman–Crippen LogP) is 1.42. The molecule has 1 aromatic carbocycles. The summed E-state index contributed by atoms with van der Waals surface area (Å²) in [6.45, 7) is 0. The molecule has 1 aromatic rings. The number of nitrogens with zero attached hydrogens (tertiary/aromatic N) is 2. The van der Waals surface area contributed by atoms with Crippen LogP contribution >= 0.6 is 23.2 Å². The van der Waals surface area contributed by atoms with E-state index in [0.717, 1.165) is 12.1 Å². The molecule has 1 amide bonds.